The second kappa shape index (κ2) is 7.27. The van der Waals surface area contributed by atoms with E-state index in [1.54, 1.807) is 17.8 Å². The van der Waals surface area contributed by atoms with E-state index in [0.717, 1.165) is 16.6 Å². The highest BCUT2D eigenvalue weighted by atomic mass is 32.2. The molecule has 0 bridgehead atoms. The molecule has 21 heavy (non-hydrogen) atoms. The molecule has 0 amide bonds. The Labute approximate surface area is 130 Å². The SMILES string of the molecule is Fc1cccc2c1CN=C(SCCCCN1CCCC1)N2. The minimum atomic E-state index is -0.168. The Bertz CT molecular complexity index is 512. The Morgan fingerprint density at radius 1 is 1.24 bits per heavy atom. The summed E-state index contributed by atoms with van der Waals surface area (Å²) in [6.45, 7) is 4.24. The van der Waals surface area contributed by atoms with Crippen LogP contribution in [0.2, 0.25) is 0 Å². The molecule has 1 aromatic carbocycles. The van der Waals surface area contributed by atoms with Crippen LogP contribution in [0, 0.1) is 5.82 Å². The summed E-state index contributed by atoms with van der Waals surface area (Å²) in [5.74, 6) is 0.906. The van der Waals surface area contributed by atoms with E-state index >= 15 is 0 Å². The number of thioether (sulfide) groups is 1. The fraction of sp³-hybridized carbons (Fsp3) is 0.562. The molecule has 1 aromatic rings. The van der Waals surface area contributed by atoms with Gasteiger partial charge in [-0.3, -0.25) is 4.99 Å². The predicted molar refractivity (Wildman–Crippen MR) is 88.5 cm³/mol. The van der Waals surface area contributed by atoms with Crippen molar-refractivity contribution in [1.82, 2.24) is 4.90 Å². The highest BCUT2D eigenvalue weighted by Crippen LogP contribution is 2.26. The van der Waals surface area contributed by atoms with Gasteiger partial charge in [-0.15, -0.1) is 0 Å². The number of nitrogens with one attached hydrogen (secondary N) is 1. The highest BCUT2D eigenvalue weighted by Gasteiger charge is 2.15. The normalized spacial score (nSPS) is 18.2. The summed E-state index contributed by atoms with van der Waals surface area (Å²) >= 11 is 1.75. The van der Waals surface area contributed by atoms with Crippen molar-refractivity contribution < 1.29 is 4.39 Å². The Morgan fingerprint density at radius 3 is 2.95 bits per heavy atom. The van der Waals surface area contributed by atoms with Crippen LogP contribution in [-0.4, -0.2) is 35.5 Å². The Hall–Kier alpha value is -1.07. The van der Waals surface area contributed by atoms with Gasteiger partial charge in [-0.25, -0.2) is 4.39 Å². The first-order valence-corrected chi connectivity index (χ1v) is 8.75. The monoisotopic (exact) mass is 307 g/mol. The summed E-state index contributed by atoms with van der Waals surface area (Å²) in [5.41, 5.74) is 1.54. The number of amidine groups is 1. The molecule has 5 heteroatoms. The maximum absolute atomic E-state index is 13.6. The third-order valence-corrected chi connectivity index (χ3v) is 5.04. The lowest BCUT2D eigenvalue weighted by Crippen LogP contribution is -2.20. The van der Waals surface area contributed by atoms with Gasteiger partial charge in [0.25, 0.3) is 0 Å². The van der Waals surface area contributed by atoms with Crippen LogP contribution in [0.4, 0.5) is 10.1 Å². The van der Waals surface area contributed by atoms with Gasteiger partial charge >= 0.3 is 0 Å². The van der Waals surface area contributed by atoms with Crippen LogP contribution in [0.3, 0.4) is 0 Å². The number of anilines is 1. The summed E-state index contributed by atoms with van der Waals surface area (Å²) in [7, 11) is 0. The molecule has 0 spiro atoms. The van der Waals surface area contributed by atoms with Crippen molar-refractivity contribution in [3.05, 3.63) is 29.6 Å². The molecule has 2 heterocycles. The number of unbranched alkanes of at least 4 members (excludes halogenated alkanes) is 1. The molecule has 0 unspecified atom stereocenters. The van der Waals surface area contributed by atoms with Gasteiger partial charge in [0.2, 0.25) is 0 Å². The van der Waals surface area contributed by atoms with Gasteiger partial charge < -0.3 is 10.2 Å². The van der Waals surface area contributed by atoms with Gasteiger partial charge in [-0.2, -0.15) is 0 Å². The largest absolute Gasteiger partial charge is 0.335 e. The van der Waals surface area contributed by atoms with E-state index < -0.39 is 0 Å². The number of hydrogen-bond acceptors (Lipinski definition) is 4. The number of hydrogen-bond donors (Lipinski definition) is 1. The summed E-state index contributed by atoms with van der Waals surface area (Å²) < 4.78 is 13.6. The van der Waals surface area contributed by atoms with E-state index in [1.165, 1.54) is 51.4 Å². The molecule has 0 saturated carbocycles. The molecule has 1 fully saturated rings. The molecule has 0 atom stereocenters. The lowest BCUT2D eigenvalue weighted by molar-refractivity contribution is 0.333. The standard InChI is InChI=1S/C16H22FN3S/c17-14-6-5-7-15-13(14)12-18-16(19-15)21-11-4-3-10-20-8-1-2-9-20/h5-7H,1-4,8-12H2,(H,18,19). The van der Waals surface area contributed by atoms with Crippen molar-refractivity contribution in [3.63, 3.8) is 0 Å². The van der Waals surface area contributed by atoms with Gasteiger partial charge in [0, 0.05) is 17.0 Å². The molecule has 0 aromatic heterocycles. The average Bonchev–Trinajstić information content (AvgIpc) is 3.00. The van der Waals surface area contributed by atoms with Gasteiger partial charge in [-0.05, 0) is 57.5 Å². The van der Waals surface area contributed by atoms with E-state index in [-0.39, 0.29) is 5.82 Å². The number of likely N-dealkylation sites (tertiary alicyclic amines) is 1. The third-order valence-electron chi connectivity index (χ3n) is 4.05. The average molecular weight is 307 g/mol. The van der Waals surface area contributed by atoms with Gasteiger partial charge in [-0.1, -0.05) is 17.8 Å². The maximum atomic E-state index is 13.6. The van der Waals surface area contributed by atoms with Crippen LogP contribution in [0.1, 0.15) is 31.2 Å². The number of aliphatic imine (C=N–C) groups is 1. The van der Waals surface area contributed by atoms with E-state index in [9.17, 15) is 4.39 Å². The van der Waals surface area contributed by atoms with Crippen LogP contribution in [0.15, 0.2) is 23.2 Å². The molecule has 3 nitrogen and oxygen atoms in total. The van der Waals surface area contributed by atoms with E-state index in [2.05, 4.69) is 15.2 Å². The van der Waals surface area contributed by atoms with Crippen LogP contribution in [-0.2, 0) is 6.54 Å². The predicted octanol–water partition coefficient (Wildman–Crippen LogP) is 3.72. The zero-order chi connectivity index (χ0) is 14.5. The van der Waals surface area contributed by atoms with Gasteiger partial charge in [0.05, 0.1) is 6.54 Å². The van der Waals surface area contributed by atoms with E-state index in [4.69, 9.17) is 0 Å². The third kappa shape index (κ3) is 3.98. The smallest absolute Gasteiger partial charge is 0.161 e. The topological polar surface area (TPSA) is 27.6 Å². The summed E-state index contributed by atoms with van der Waals surface area (Å²) in [5, 5.41) is 4.16. The molecule has 114 valence electrons. The molecule has 3 rings (SSSR count). The molecule has 0 aliphatic carbocycles. The molecule has 1 N–H and O–H groups in total. The number of halogens is 1. The first-order chi connectivity index (χ1) is 10.3. The Kier molecular flexibility index (Phi) is 5.14. The van der Waals surface area contributed by atoms with Crippen molar-refractivity contribution in [3.8, 4) is 0 Å². The van der Waals surface area contributed by atoms with Gasteiger partial charge in [0.15, 0.2) is 5.17 Å². The lowest BCUT2D eigenvalue weighted by atomic mass is 10.1. The summed E-state index contributed by atoms with van der Waals surface area (Å²) in [6, 6.07) is 5.15. The van der Waals surface area contributed by atoms with Crippen LogP contribution >= 0.6 is 11.8 Å². The Balaban J connectivity index is 1.38. The number of fused-ring (bicyclic) bond motifs is 1. The van der Waals surface area contributed by atoms with Crippen molar-refractivity contribution >= 4 is 22.6 Å². The first-order valence-electron chi connectivity index (χ1n) is 7.77. The number of benzene rings is 1. The second-order valence-electron chi connectivity index (χ2n) is 5.62. The molecular weight excluding hydrogens is 285 g/mol. The first kappa shape index (κ1) is 14.9. The lowest BCUT2D eigenvalue weighted by Gasteiger charge is -2.18. The summed E-state index contributed by atoms with van der Waals surface area (Å²) in [6.07, 6.45) is 5.19. The quantitative estimate of drug-likeness (QED) is 0.840. The number of nitrogens with zero attached hydrogens (tertiary/aromatic N) is 2. The van der Waals surface area contributed by atoms with Crippen molar-refractivity contribution in [2.45, 2.75) is 32.2 Å². The van der Waals surface area contributed by atoms with Crippen molar-refractivity contribution in [2.75, 3.05) is 30.7 Å². The fourth-order valence-electron chi connectivity index (χ4n) is 2.84. The van der Waals surface area contributed by atoms with E-state index in [1.807, 2.05) is 6.07 Å². The van der Waals surface area contributed by atoms with Crippen LogP contribution in [0.5, 0.6) is 0 Å². The minimum Gasteiger partial charge on any atom is -0.335 e. The van der Waals surface area contributed by atoms with Crippen molar-refractivity contribution in [1.29, 1.82) is 0 Å². The van der Waals surface area contributed by atoms with E-state index in [0.29, 0.717) is 12.1 Å². The molecule has 1 saturated heterocycles. The Morgan fingerprint density at radius 2 is 2.10 bits per heavy atom. The van der Waals surface area contributed by atoms with Crippen LogP contribution < -0.4 is 5.32 Å². The molecule has 2 aliphatic rings. The molecule has 2 aliphatic heterocycles. The van der Waals surface area contributed by atoms with Crippen LogP contribution in [0.25, 0.3) is 0 Å². The zero-order valence-electron chi connectivity index (χ0n) is 12.3. The summed E-state index contributed by atoms with van der Waals surface area (Å²) in [4.78, 5) is 6.98. The highest BCUT2D eigenvalue weighted by molar-refractivity contribution is 8.14. The maximum Gasteiger partial charge on any atom is 0.161 e. The second-order valence-corrected chi connectivity index (χ2v) is 6.70. The zero-order valence-corrected chi connectivity index (χ0v) is 13.1. The fourth-order valence-corrected chi connectivity index (χ4v) is 3.72. The number of rotatable bonds is 5. The minimum absolute atomic E-state index is 0.168. The molecular formula is C16H22FN3S. The van der Waals surface area contributed by atoms with Gasteiger partial charge in [0.1, 0.15) is 5.82 Å². The molecule has 0 radical (unpaired) electrons. The van der Waals surface area contributed by atoms with Crippen molar-refractivity contribution in [2.24, 2.45) is 4.99 Å².